The van der Waals surface area contributed by atoms with Gasteiger partial charge in [-0.2, -0.15) is 5.10 Å². The fourth-order valence-electron chi connectivity index (χ4n) is 1.81. The molecule has 0 aliphatic heterocycles. The summed E-state index contributed by atoms with van der Waals surface area (Å²) in [5.41, 5.74) is 6.81. The zero-order valence-corrected chi connectivity index (χ0v) is 12.1. The molecule has 2 amide bonds. The molecule has 7 nitrogen and oxygen atoms in total. The molecule has 4 N–H and O–H groups in total. The van der Waals surface area contributed by atoms with Crippen LogP contribution in [-0.2, 0) is 11.3 Å². The summed E-state index contributed by atoms with van der Waals surface area (Å²) < 4.78 is 1.77. The molecule has 1 rings (SSSR count). The molecule has 112 valence electrons. The molecule has 20 heavy (non-hydrogen) atoms. The van der Waals surface area contributed by atoms with Crippen LogP contribution in [0, 0.1) is 6.92 Å². The lowest BCUT2D eigenvalue weighted by atomic mass is 10.2. The van der Waals surface area contributed by atoms with E-state index in [1.807, 2.05) is 13.8 Å². The molecule has 1 aromatic rings. The van der Waals surface area contributed by atoms with E-state index in [1.54, 1.807) is 10.9 Å². The zero-order chi connectivity index (χ0) is 15.0. The van der Waals surface area contributed by atoms with E-state index in [1.165, 1.54) is 0 Å². The fourth-order valence-corrected chi connectivity index (χ4v) is 1.81. The monoisotopic (exact) mass is 281 g/mol. The lowest BCUT2D eigenvalue weighted by molar-refractivity contribution is -0.120. The first-order valence-electron chi connectivity index (χ1n) is 6.87. The number of nitrogens with two attached hydrogens (primary N) is 1. The topological polar surface area (TPSA) is 102 Å². The molecule has 0 radical (unpaired) electrons. The summed E-state index contributed by atoms with van der Waals surface area (Å²) in [7, 11) is 0. The van der Waals surface area contributed by atoms with E-state index < -0.39 is 0 Å². The summed E-state index contributed by atoms with van der Waals surface area (Å²) in [5.74, 6) is -0.269. The van der Waals surface area contributed by atoms with Gasteiger partial charge in [0.15, 0.2) is 0 Å². The Morgan fingerprint density at radius 1 is 1.40 bits per heavy atom. The number of aromatic nitrogens is 2. The smallest absolute Gasteiger partial charge is 0.254 e. The van der Waals surface area contributed by atoms with Gasteiger partial charge in [0.05, 0.1) is 11.8 Å². The normalized spacial score (nSPS) is 10.3. The average molecular weight is 281 g/mol. The second-order valence-corrected chi connectivity index (χ2v) is 4.47. The van der Waals surface area contributed by atoms with Crippen molar-refractivity contribution in [1.29, 1.82) is 0 Å². The third-order valence-corrected chi connectivity index (χ3v) is 2.93. The van der Waals surface area contributed by atoms with E-state index in [2.05, 4.69) is 15.7 Å². The van der Waals surface area contributed by atoms with Gasteiger partial charge in [0.1, 0.15) is 0 Å². The summed E-state index contributed by atoms with van der Waals surface area (Å²) in [6.07, 6.45) is 2.65. The van der Waals surface area contributed by atoms with Crippen molar-refractivity contribution >= 4 is 11.8 Å². The number of carbonyl (C=O) groups excluding carboxylic acids is 2. The molecule has 0 spiro atoms. The molecule has 0 saturated carbocycles. The van der Waals surface area contributed by atoms with Crippen LogP contribution in [0.15, 0.2) is 6.20 Å². The van der Waals surface area contributed by atoms with Crippen molar-refractivity contribution in [3.05, 3.63) is 17.5 Å². The van der Waals surface area contributed by atoms with Crippen LogP contribution in [0.4, 0.5) is 0 Å². The van der Waals surface area contributed by atoms with E-state index in [0.717, 1.165) is 12.1 Å². The van der Waals surface area contributed by atoms with Crippen LogP contribution in [0.3, 0.4) is 0 Å². The van der Waals surface area contributed by atoms with Gasteiger partial charge in [-0.05, 0) is 26.8 Å². The number of hydrogen-bond acceptors (Lipinski definition) is 4. The highest BCUT2D eigenvalue weighted by Crippen LogP contribution is 2.07. The number of aryl methyl sites for hydroxylation is 1. The highest BCUT2D eigenvalue weighted by Gasteiger charge is 2.13. The molecule has 0 unspecified atom stereocenters. The molecular weight excluding hydrogens is 258 g/mol. The minimum Gasteiger partial charge on any atom is -0.356 e. The summed E-state index contributed by atoms with van der Waals surface area (Å²) >= 11 is 0. The van der Waals surface area contributed by atoms with Gasteiger partial charge in [-0.25, -0.2) is 0 Å². The molecule has 0 aliphatic carbocycles. The van der Waals surface area contributed by atoms with Gasteiger partial charge in [-0.1, -0.05) is 0 Å². The summed E-state index contributed by atoms with van der Waals surface area (Å²) in [4.78, 5) is 23.2. The average Bonchev–Trinajstić information content (AvgIpc) is 2.78. The van der Waals surface area contributed by atoms with E-state index in [9.17, 15) is 9.59 Å². The Labute approximate surface area is 118 Å². The number of rotatable bonds is 8. The van der Waals surface area contributed by atoms with Crippen molar-refractivity contribution in [2.45, 2.75) is 33.2 Å². The summed E-state index contributed by atoms with van der Waals surface area (Å²) in [6, 6.07) is 0. The largest absolute Gasteiger partial charge is 0.356 e. The highest BCUT2D eigenvalue weighted by molar-refractivity contribution is 5.95. The number of nitrogens with one attached hydrogen (secondary N) is 2. The van der Waals surface area contributed by atoms with Crippen molar-refractivity contribution in [1.82, 2.24) is 20.4 Å². The van der Waals surface area contributed by atoms with Gasteiger partial charge in [0, 0.05) is 31.7 Å². The first-order chi connectivity index (χ1) is 9.60. The molecule has 1 aromatic heterocycles. The highest BCUT2D eigenvalue weighted by atomic mass is 16.2. The SMILES string of the molecule is CCNC(=O)CCNC(=O)c1cnn(CCCN)c1C. The van der Waals surface area contributed by atoms with Gasteiger partial charge in [0.25, 0.3) is 5.91 Å². The molecule has 0 bridgehead atoms. The Kier molecular flexibility index (Phi) is 6.72. The molecular formula is C13H23N5O2. The number of carbonyl (C=O) groups is 2. The summed E-state index contributed by atoms with van der Waals surface area (Å²) in [6.45, 7) is 5.91. The predicted octanol–water partition coefficient (Wildman–Crippen LogP) is -0.204. The second kappa shape index (κ2) is 8.31. The Hall–Kier alpha value is -1.89. The van der Waals surface area contributed by atoms with Crippen molar-refractivity contribution in [3.63, 3.8) is 0 Å². The Morgan fingerprint density at radius 3 is 2.80 bits per heavy atom. The van der Waals surface area contributed by atoms with Gasteiger partial charge in [-0.3, -0.25) is 14.3 Å². The first-order valence-corrected chi connectivity index (χ1v) is 6.87. The predicted molar refractivity (Wildman–Crippen MR) is 76.3 cm³/mol. The minimum atomic E-state index is -0.203. The fraction of sp³-hybridized carbons (Fsp3) is 0.615. The number of amides is 2. The lowest BCUT2D eigenvalue weighted by Crippen LogP contribution is -2.30. The molecule has 0 aromatic carbocycles. The molecule has 1 heterocycles. The number of nitrogens with zero attached hydrogens (tertiary/aromatic N) is 2. The van der Waals surface area contributed by atoms with Crippen molar-refractivity contribution in [2.75, 3.05) is 19.6 Å². The zero-order valence-electron chi connectivity index (χ0n) is 12.1. The maximum Gasteiger partial charge on any atom is 0.254 e. The molecule has 0 saturated heterocycles. The second-order valence-electron chi connectivity index (χ2n) is 4.47. The Morgan fingerprint density at radius 2 is 2.15 bits per heavy atom. The van der Waals surface area contributed by atoms with Gasteiger partial charge >= 0.3 is 0 Å². The molecule has 0 atom stereocenters. The van der Waals surface area contributed by atoms with Crippen LogP contribution in [0.1, 0.15) is 35.8 Å². The van der Waals surface area contributed by atoms with Crippen molar-refractivity contribution in [2.24, 2.45) is 5.73 Å². The minimum absolute atomic E-state index is 0.0665. The maximum absolute atomic E-state index is 12.0. The van der Waals surface area contributed by atoms with Gasteiger partial charge < -0.3 is 16.4 Å². The quantitative estimate of drug-likeness (QED) is 0.614. The number of hydrogen-bond donors (Lipinski definition) is 3. The third kappa shape index (κ3) is 4.65. The van der Waals surface area contributed by atoms with Crippen LogP contribution >= 0.6 is 0 Å². The molecule has 7 heteroatoms. The van der Waals surface area contributed by atoms with Crippen LogP contribution in [0.5, 0.6) is 0 Å². The van der Waals surface area contributed by atoms with E-state index in [4.69, 9.17) is 5.73 Å². The van der Waals surface area contributed by atoms with Crippen LogP contribution in [0.2, 0.25) is 0 Å². The van der Waals surface area contributed by atoms with Gasteiger partial charge in [0.2, 0.25) is 5.91 Å². The van der Waals surface area contributed by atoms with E-state index in [0.29, 0.717) is 31.7 Å². The Bertz CT molecular complexity index is 456. The molecule has 0 fully saturated rings. The lowest BCUT2D eigenvalue weighted by Gasteiger charge is -2.06. The van der Waals surface area contributed by atoms with Crippen LogP contribution in [0.25, 0.3) is 0 Å². The van der Waals surface area contributed by atoms with Crippen LogP contribution < -0.4 is 16.4 Å². The van der Waals surface area contributed by atoms with Crippen LogP contribution in [-0.4, -0.2) is 41.2 Å². The summed E-state index contributed by atoms with van der Waals surface area (Å²) in [5, 5.41) is 9.57. The van der Waals surface area contributed by atoms with E-state index >= 15 is 0 Å². The van der Waals surface area contributed by atoms with E-state index in [-0.39, 0.29) is 18.2 Å². The first kappa shape index (κ1) is 16.2. The van der Waals surface area contributed by atoms with Crippen molar-refractivity contribution in [3.8, 4) is 0 Å². The Balaban J connectivity index is 2.47. The molecule has 0 aliphatic rings. The van der Waals surface area contributed by atoms with Gasteiger partial charge in [-0.15, -0.1) is 0 Å². The maximum atomic E-state index is 12.0. The van der Waals surface area contributed by atoms with Crippen molar-refractivity contribution < 1.29 is 9.59 Å². The third-order valence-electron chi connectivity index (χ3n) is 2.93. The standard InChI is InChI=1S/C13H23N5O2/c1-3-15-12(19)5-7-16-13(20)11-9-17-18(10(11)2)8-4-6-14/h9H,3-8,14H2,1-2H3,(H,15,19)(H,16,20).